The fourth-order valence-electron chi connectivity index (χ4n) is 1.69. The molecule has 2 rings (SSSR count). The van der Waals surface area contributed by atoms with Gasteiger partial charge in [-0.15, -0.1) is 0 Å². The lowest BCUT2D eigenvalue weighted by atomic mass is 10.2. The van der Waals surface area contributed by atoms with E-state index in [2.05, 4.69) is 25.6 Å². The summed E-state index contributed by atoms with van der Waals surface area (Å²) in [5.74, 6) is 0.844. The second-order valence-corrected chi connectivity index (χ2v) is 4.74. The minimum Gasteiger partial charge on any atom is -0.464 e. The number of ether oxygens (including phenoxy) is 1. The number of anilines is 3. The van der Waals surface area contributed by atoms with Gasteiger partial charge < -0.3 is 15.4 Å². The molecule has 0 aliphatic carbocycles. The Bertz CT molecular complexity index is 596. The van der Waals surface area contributed by atoms with E-state index in [4.69, 9.17) is 16.3 Å². The average molecular weight is 308 g/mol. The number of nitrogens with zero attached hydrogens (tertiary/aromatic N) is 3. The molecule has 0 spiro atoms. The number of aromatic nitrogens is 3. The van der Waals surface area contributed by atoms with Gasteiger partial charge in [0.1, 0.15) is 0 Å². The van der Waals surface area contributed by atoms with E-state index < -0.39 is 0 Å². The molecule has 2 N–H and O–H groups in total. The molecule has 2 aromatic rings. The first-order valence-corrected chi connectivity index (χ1v) is 7.16. The number of hydrogen-bond acceptors (Lipinski definition) is 6. The monoisotopic (exact) mass is 307 g/mol. The number of hydrogen-bond donors (Lipinski definition) is 2. The highest BCUT2D eigenvalue weighted by Crippen LogP contribution is 2.25. The van der Waals surface area contributed by atoms with Gasteiger partial charge in [-0.1, -0.05) is 17.7 Å². The van der Waals surface area contributed by atoms with E-state index >= 15 is 0 Å². The molecule has 1 aromatic heterocycles. The van der Waals surface area contributed by atoms with Crippen molar-refractivity contribution < 1.29 is 4.74 Å². The van der Waals surface area contributed by atoms with Crippen molar-refractivity contribution in [3.05, 3.63) is 28.8 Å². The summed E-state index contributed by atoms with van der Waals surface area (Å²) >= 11 is 6.20. The summed E-state index contributed by atoms with van der Waals surface area (Å²) in [5, 5.41) is 6.73. The molecule has 112 valence electrons. The quantitative estimate of drug-likeness (QED) is 0.852. The number of rotatable bonds is 6. The van der Waals surface area contributed by atoms with Gasteiger partial charge in [0.15, 0.2) is 0 Å². The largest absolute Gasteiger partial charge is 0.464 e. The molecule has 21 heavy (non-hydrogen) atoms. The predicted molar refractivity (Wildman–Crippen MR) is 84.6 cm³/mol. The fraction of sp³-hybridized carbons (Fsp3) is 0.357. The fourth-order valence-corrected chi connectivity index (χ4v) is 1.97. The number of benzene rings is 1. The molecule has 1 heterocycles. The van der Waals surface area contributed by atoms with Crippen LogP contribution in [0.4, 0.5) is 17.6 Å². The SMILES string of the molecule is CCNc1nc(Nc2ccc(C)cc2Cl)nc(OCC)n1. The maximum Gasteiger partial charge on any atom is 0.323 e. The summed E-state index contributed by atoms with van der Waals surface area (Å²) in [6.07, 6.45) is 0. The maximum atomic E-state index is 6.20. The van der Waals surface area contributed by atoms with Crippen LogP contribution in [0.25, 0.3) is 0 Å². The van der Waals surface area contributed by atoms with Gasteiger partial charge in [0.05, 0.1) is 17.3 Å². The summed E-state index contributed by atoms with van der Waals surface area (Å²) < 4.78 is 5.35. The van der Waals surface area contributed by atoms with Gasteiger partial charge in [0, 0.05) is 6.54 Å². The molecule has 0 unspecified atom stereocenters. The van der Waals surface area contributed by atoms with E-state index in [1.54, 1.807) is 0 Å². The minimum absolute atomic E-state index is 0.272. The van der Waals surface area contributed by atoms with Gasteiger partial charge in [0.25, 0.3) is 0 Å². The maximum absolute atomic E-state index is 6.20. The standard InChI is InChI=1S/C14H18ClN5O/c1-4-16-12-18-13(20-14(19-12)21-5-2)17-11-7-6-9(3)8-10(11)15/h6-8H,4-5H2,1-3H3,(H2,16,17,18,19,20). The highest BCUT2D eigenvalue weighted by Gasteiger charge is 2.09. The van der Waals surface area contributed by atoms with Crippen LogP contribution in [-0.4, -0.2) is 28.1 Å². The first kappa shape index (κ1) is 15.3. The number of aryl methyl sites for hydroxylation is 1. The zero-order valence-corrected chi connectivity index (χ0v) is 13.0. The molecule has 0 atom stereocenters. The highest BCUT2D eigenvalue weighted by molar-refractivity contribution is 6.33. The topological polar surface area (TPSA) is 72.0 Å². The van der Waals surface area contributed by atoms with Crippen LogP contribution < -0.4 is 15.4 Å². The Labute approximate surface area is 128 Å². The van der Waals surface area contributed by atoms with Crippen LogP contribution in [0.15, 0.2) is 18.2 Å². The van der Waals surface area contributed by atoms with Crippen LogP contribution in [-0.2, 0) is 0 Å². The zero-order valence-electron chi connectivity index (χ0n) is 12.3. The molecule has 6 nitrogen and oxygen atoms in total. The summed E-state index contributed by atoms with van der Waals surface area (Å²) in [7, 11) is 0. The molecule has 0 bridgehead atoms. The van der Waals surface area contributed by atoms with Crippen molar-refractivity contribution in [2.45, 2.75) is 20.8 Å². The van der Waals surface area contributed by atoms with Crippen molar-refractivity contribution in [1.29, 1.82) is 0 Å². The molecule has 0 fully saturated rings. The van der Waals surface area contributed by atoms with Gasteiger partial charge in [-0.25, -0.2) is 0 Å². The van der Waals surface area contributed by atoms with E-state index in [0.717, 1.165) is 11.3 Å². The third-order valence-electron chi connectivity index (χ3n) is 2.59. The Hall–Kier alpha value is -2.08. The van der Waals surface area contributed by atoms with Crippen LogP contribution in [0.3, 0.4) is 0 Å². The van der Waals surface area contributed by atoms with Crippen LogP contribution in [0.2, 0.25) is 5.02 Å². The molecule has 0 saturated carbocycles. The van der Waals surface area contributed by atoms with Crippen LogP contribution in [0.1, 0.15) is 19.4 Å². The average Bonchev–Trinajstić information content (AvgIpc) is 2.42. The van der Waals surface area contributed by atoms with Crippen molar-refractivity contribution in [3.63, 3.8) is 0 Å². The number of nitrogens with one attached hydrogen (secondary N) is 2. The molecular formula is C14H18ClN5O. The van der Waals surface area contributed by atoms with Crippen molar-refractivity contribution in [3.8, 4) is 6.01 Å². The zero-order chi connectivity index (χ0) is 15.2. The number of halogens is 1. The van der Waals surface area contributed by atoms with Gasteiger partial charge >= 0.3 is 6.01 Å². The van der Waals surface area contributed by atoms with Crippen LogP contribution >= 0.6 is 11.6 Å². The van der Waals surface area contributed by atoms with E-state index in [1.807, 2.05) is 39.0 Å². The highest BCUT2D eigenvalue weighted by atomic mass is 35.5. The summed E-state index contributed by atoms with van der Waals surface area (Å²) in [6, 6.07) is 5.99. The Balaban J connectivity index is 2.29. The van der Waals surface area contributed by atoms with E-state index in [9.17, 15) is 0 Å². The van der Waals surface area contributed by atoms with E-state index in [-0.39, 0.29) is 6.01 Å². The van der Waals surface area contributed by atoms with Crippen molar-refractivity contribution >= 4 is 29.2 Å². The van der Waals surface area contributed by atoms with Gasteiger partial charge in [-0.2, -0.15) is 15.0 Å². The first-order valence-electron chi connectivity index (χ1n) is 6.78. The first-order chi connectivity index (χ1) is 10.1. The molecular weight excluding hydrogens is 290 g/mol. The normalized spacial score (nSPS) is 10.3. The van der Waals surface area contributed by atoms with Gasteiger partial charge in [0.2, 0.25) is 11.9 Å². The van der Waals surface area contributed by atoms with Crippen molar-refractivity contribution in [2.75, 3.05) is 23.8 Å². The van der Waals surface area contributed by atoms with E-state index in [0.29, 0.717) is 30.1 Å². The Morgan fingerprint density at radius 3 is 2.57 bits per heavy atom. The Morgan fingerprint density at radius 2 is 1.90 bits per heavy atom. The minimum atomic E-state index is 0.272. The molecule has 7 heteroatoms. The van der Waals surface area contributed by atoms with Gasteiger partial charge in [-0.3, -0.25) is 0 Å². The summed E-state index contributed by atoms with van der Waals surface area (Å²) in [4.78, 5) is 12.7. The lowest BCUT2D eigenvalue weighted by molar-refractivity contribution is 0.312. The van der Waals surface area contributed by atoms with E-state index in [1.165, 1.54) is 0 Å². The van der Waals surface area contributed by atoms with Crippen molar-refractivity contribution in [1.82, 2.24) is 15.0 Å². The molecule has 0 aliphatic heterocycles. The second-order valence-electron chi connectivity index (χ2n) is 4.34. The lowest BCUT2D eigenvalue weighted by Crippen LogP contribution is -2.09. The molecule has 0 saturated heterocycles. The smallest absolute Gasteiger partial charge is 0.323 e. The molecule has 1 aromatic carbocycles. The molecule has 0 aliphatic rings. The van der Waals surface area contributed by atoms with Crippen molar-refractivity contribution in [2.24, 2.45) is 0 Å². The Morgan fingerprint density at radius 1 is 1.14 bits per heavy atom. The lowest BCUT2D eigenvalue weighted by Gasteiger charge is -2.10. The summed E-state index contributed by atoms with van der Waals surface area (Å²) in [5.41, 5.74) is 1.82. The third-order valence-corrected chi connectivity index (χ3v) is 2.91. The molecule has 0 radical (unpaired) electrons. The van der Waals surface area contributed by atoms with Gasteiger partial charge in [-0.05, 0) is 38.5 Å². The molecule has 0 amide bonds. The van der Waals surface area contributed by atoms with Crippen LogP contribution in [0, 0.1) is 6.92 Å². The van der Waals surface area contributed by atoms with Crippen LogP contribution in [0.5, 0.6) is 6.01 Å². The third kappa shape index (κ3) is 4.19. The summed E-state index contributed by atoms with van der Waals surface area (Å²) in [6.45, 7) is 7.02. The predicted octanol–water partition coefficient (Wildman–Crippen LogP) is 3.41. The Kier molecular flexibility index (Phi) is 5.16. The second kappa shape index (κ2) is 7.08.